The highest BCUT2D eigenvalue weighted by Gasteiger charge is 2.47. The molecule has 0 bridgehead atoms. The van der Waals surface area contributed by atoms with Crippen molar-refractivity contribution in [3.63, 3.8) is 0 Å². The molecule has 2 aliphatic rings. The van der Waals surface area contributed by atoms with Gasteiger partial charge in [0.25, 0.3) is 5.91 Å². The van der Waals surface area contributed by atoms with E-state index in [-0.39, 0.29) is 18.1 Å². The molecule has 1 saturated carbocycles. The zero-order valence-electron chi connectivity index (χ0n) is 23.9. The number of aromatic nitrogens is 4. The Kier molecular flexibility index (Phi) is 8.52. The average Bonchev–Trinajstić information content (AvgIpc) is 3.71. The first-order valence-corrected chi connectivity index (χ1v) is 14.7. The minimum absolute atomic E-state index is 0.00433. The Balaban J connectivity index is 1.35. The number of anilines is 2. The quantitative estimate of drug-likeness (QED) is 0.162. The third-order valence-electron chi connectivity index (χ3n) is 8.16. The molecule has 6 atom stereocenters. The van der Waals surface area contributed by atoms with E-state index in [0.29, 0.717) is 48.9 Å². The van der Waals surface area contributed by atoms with Gasteiger partial charge in [0.15, 0.2) is 29.3 Å². The lowest BCUT2D eigenvalue weighted by molar-refractivity contribution is -0.137. The molecule has 226 valence electrons. The number of carbonyl (C=O) groups is 1. The van der Waals surface area contributed by atoms with E-state index in [4.69, 9.17) is 14.7 Å². The second-order valence-corrected chi connectivity index (χ2v) is 11.1. The summed E-state index contributed by atoms with van der Waals surface area (Å²) >= 11 is 0. The van der Waals surface area contributed by atoms with Gasteiger partial charge >= 0.3 is 0 Å². The molecule has 2 aromatic carbocycles. The third-order valence-corrected chi connectivity index (χ3v) is 8.16. The molecule has 4 aromatic rings. The van der Waals surface area contributed by atoms with Gasteiger partial charge in [-0.15, -0.1) is 0 Å². The van der Waals surface area contributed by atoms with E-state index in [0.717, 1.165) is 17.5 Å². The van der Waals surface area contributed by atoms with Crippen LogP contribution in [-0.4, -0.2) is 84.3 Å². The van der Waals surface area contributed by atoms with Crippen molar-refractivity contribution >= 4 is 28.8 Å². The van der Waals surface area contributed by atoms with Crippen molar-refractivity contribution in [2.45, 2.75) is 68.8 Å². The molecule has 6 rings (SSSR count). The fraction of sp³-hybridized carbons (Fsp3) is 0.419. The predicted molar refractivity (Wildman–Crippen MR) is 160 cm³/mol. The number of aliphatic hydroxyl groups excluding tert-OH is 3. The van der Waals surface area contributed by atoms with Crippen molar-refractivity contribution in [2.75, 3.05) is 23.7 Å². The van der Waals surface area contributed by atoms with E-state index >= 15 is 0 Å². The molecule has 1 aliphatic carbocycles. The molecule has 43 heavy (non-hydrogen) atoms. The molecule has 3 heterocycles. The number of carbonyl (C=O) groups excluding carboxylic acids is 1. The van der Waals surface area contributed by atoms with Crippen LogP contribution < -0.4 is 16.0 Å². The number of imidazole rings is 1. The summed E-state index contributed by atoms with van der Waals surface area (Å²) in [6, 6.07) is 20.4. The maximum Gasteiger partial charge on any atom is 0.252 e. The van der Waals surface area contributed by atoms with Gasteiger partial charge in [-0.1, -0.05) is 60.7 Å². The van der Waals surface area contributed by atoms with Crippen LogP contribution in [0.3, 0.4) is 0 Å². The van der Waals surface area contributed by atoms with E-state index in [9.17, 15) is 20.1 Å². The van der Waals surface area contributed by atoms with Crippen molar-refractivity contribution in [2.24, 2.45) is 0 Å². The topological polar surface area (TPSA) is 167 Å². The van der Waals surface area contributed by atoms with Crippen LogP contribution in [0.1, 0.15) is 49.5 Å². The Morgan fingerprint density at radius 2 is 1.70 bits per heavy atom. The Hall–Kier alpha value is -4.10. The number of fused-ring (bicyclic) bond motifs is 1. The number of hydrogen-bond donors (Lipinski definition) is 6. The fourth-order valence-electron chi connectivity index (χ4n) is 5.94. The molecule has 2 fully saturated rings. The van der Waals surface area contributed by atoms with Crippen LogP contribution in [0.2, 0.25) is 0 Å². The van der Waals surface area contributed by atoms with Gasteiger partial charge in [0, 0.05) is 25.0 Å². The third kappa shape index (κ3) is 6.04. The van der Waals surface area contributed by atoms with Crippen LogP contribution in [0.4, 0.5) is 11.8 Å². The number of rotatable bonds is 10. The Morgan fingerprint density at radius 1 is 1.00 bits per heavy atom. The molecular weight excluding hydrogens is 550 g/mol. The van der Waals surface area contributed by atoms with Gasteiger partial charge in [-0.05, 0) is 37.3 Å². The highest BCUT2D eigenvalue weighted by atomic mass is 16.6. The van der Waals surface area contributed by atoms with Gasteiger partial charge in [0.1, 0.15) is 12.2 Å². The van der Waals surface area contributed by atoms with Crippen LogP contribution in [0.5, 0.6) is 0 Å². The number of nitrogens with one attached hydrogen (secondary N) is 3. The van der Waals surface area contributed by atoms with Gasteiger partial charge in [0.05, 0.1) is 12.4 Å². The lowest BCUT2D eigenvalue weighted by atomic mass is 9.91. The van der Waals surface area contributed by atoms with Gasteiger partial charge in [0.2, 0.25) is 5.95 Å². The smallest absolute Gasteiger partial charge is 0.252 e. The van der Waals surface area contributed by atoms with E-state index < -0.39 is 30.4 Å². The first kappa shape index (κ1) is 29.0. The summed E-state index contributed by atoms with van der Waals surface area (Å²) in [5.41, 5.74) is 3.09. The van der Waals surface area contributed by atoms with E-state index in [1.54, 1.807) is 6.92 Å². The Labute approximate surface area is 249 Å². The molecule has 0 radical (unpaired) electrons. The number of ether oxygens (including phenoxy) is 1. The molecule has 0 unspecified atom stereocenters. The molecule has 1 saturated heterocycles. The second-order valence-electron chi connectivity index (χ2n) is 11.1. The van der Waals surface area contributed by atoms with Gasteiger partial charge in [-0.25, -0.2) is 4.98 Å². The number of aliphatic hydroxyl groups is 3. The fourth-order valence-corrected chi connectivity index (χ4v) is 5.94. The van der Waals surface area contributed by atoms with Crippen LogP contribution >= 0.6 is 0 Å². The number of nitrogens with zero attached hydrogens (tertiary/aromatic N) is 4. The number of hydrogen-bond acceptors (Lipinski definition) is 10. The van der Waals surface area contributed by atoms with E-state index in [1.165, 1.54) is 10.9 Å². The first-order chi connectivity index (χ1) is 20.9. The SMILES string of the molecule is CCNC(=O)[C@H]1O[C@@H](n2cnc3c(NCC(c4ccccc4)c4ccccc4)nc(N[C@H]4CC[C@@H](O)C4)nc32)[C@H](O)[C@@H]1O. The summed E-state index contributed by atoms with van der Waals surface area (Å²) in [6.45, 7) is 2.63. The number of amides is 1. The zero-order valence-corrected chi connectivity index (χ0v) is 23.9. The van der Waals surface area contributed by atoms with Crippen LogP contribution in [0.15, 0.2) is 67.0 Å². The molecule has 6 N–H and O–H groups in total. The van der Waals surface area contributed by atoms with Gasteiger partial charge < -0.3 is 36.0 Å². The number of likely N-dealkylation sites (N-methyl/N-ethyl adjacent to an activating group) is 1. The molecule has 2 aromatic heterocycles. The summed E-state index contributed by atoms with van der Waals surface area (Å²) in [5, 5.41) is 41.1. The first-order valence-electron chi connectivity index (χ1n) is 14.7. The lowest BCUT2D eigenvalue weighted by Gasteiger charge is -2.20. The van der Waals surface area contributed by atoms with Crippen molar-refractivity contribution in [3.8, 4) is 0 Å². The largest absolute Gasteiger partial charge is 0.393 e. The van der Waals surface area contributed by atoms with Crippen molar-refractivity contribution < 1.29 is 24.9 Å². The predicted octanol–water partition coefficient (Wildman–Crippen LogP) is 2.15. The van der Waals surface area contributed by atoms with Crippen LogP contribution in [0.25, 0.3) is 11.2 Å². The van der Waals surface area contributed by atoms with Crippen molar-refractivity contribution in [1.29, 1.82) is 0 Å². The summed E-state index contributed by atoms with van der Waals surface area (Å²) < 4.78 is 7.39. The van der Waals surface area contributed by atoms with Crippen molar-refractivity contribution in [1.82, 2.24) is 24.8 Å². The Bertz CT molecular complexity index is 1500. The highest BCUT2D eigenvalue weighted by molar-refractivity contribution is 5.85. The van der Waals surface area contributed by atoms with Crippen molar-refractivity contribution in [3.05, 3.63) is 78.1 Å². The van der Waals surface area contributed by atoms with Crippen LogP contribution in [0, 0.1) is 0 Å². The highest BCUT2D eigenvalue weighted by Crippen LogP contribution is 2.34. The molecule has 1 aliphatic heterocycles. The molecule has 1 amide bonds. The molecule has 12 heteroatoms. The van der Waals surface area contributed by atoms with Gasteiger partial charge in [-0.3, -0.25) is 9.36 Å². The maximum absolute atomic E-state index is 12.5. The Morgan fingerprint density at radius 3 is 2.33 bits per heavy atom. The molecule has 12 nitrogen and oxygen atoms in total. The maximum atomic E-state index is 12.5. The van der Waals surface area contributed by atoms with Gasteiger partial charge in [-0.2, -0.15) is 9.97 Å². The zero-order chi connectivity index (χ0) is 29.9. The lowest BCUT2D eigenvalue weighted by Crippen LogP contribution is -2.42. The number of benzene rings is 2. The minimum Gasteiger partial charge on any atom is -0.393 e. The van der Waals surface area contributed by atoms with Crippen LogP contribution in [-0.2, 0) is 9.53 Å². The van der Waals surface area contributed by atoms with E-state index in [2.05, 4.69) is 45.2 Å². The average molecular weight is 588 g/mol. The second kappa shape index (κ2) is 12.6. The summed E-state index contributed by atoms with van der Waals surface area (Å²) in [6.07, 6.45) is -2.01. The summed E-state index contributed by atoms with van der Waals surface area (Å²) in [7, 11) is 0. The standard InChI is InChI=1S/C31H37N7O5/c1-2-32-29(42)26-24(40)25(41)30(43-26)38-17-34-23-27(36-31(37-28(23)38)35-20-13-14-21(39)15-20)33-16-22(18-9-5-3-6-10-18)19-11-7-4-8-12-19/h3-12,17,20-22,24-26,30,39-41H,2,13-16H2,1H3,(H,32,42)(H2,33,35,36,37)/t20-,21+,24-,25+,26-,30+/m0/s1. The summed E-state index contributed by atoms with van der Waals surface area (Å²) in [5.74, 6) is 0.326. The molecule has 0 spiro atoms. The van der Waals surface area contributed by atoms with E-state index in [1.807, 2.05) is 36.4 Å². The molecular formula is C31H37N7O5. The monoisotopic (exact) mass is 587 g/mol. The minimum atomic E-state index is -1.43. The summed E-state index contributed by atoms with van der Waals surface area (Å²) in [4.78, 5) is 26.6. The normalized spacial score (nSPS) is 25.3.